The number of aliphatic hydroxyl groups excluding tert-OH is 1. The molecule has 0 aromatic heterocycles. The van der Waals surface area contributed by atoms with Gasteiger partial charge in [-0.3, -0.25) is 4.79 Å². The summed E-state index contributed by atoms with van der Waals surface area (Å²) in [5.41, 5.74) is 2.95. The number of anilines is 1. The number of carbonyl (C=O) groups is 1. The van der Waals surface area contributed by atoms with Gasteiger partial charge in [-0.1, -0.05) is 19.1 Å². The molecular formula is C14H19NO2. The molecule has 3 heteroatoms. The summed E-state index contributed by atoms with van der Waals surface area (Å²) in [6.45, 7) is 6.56. The molecule has 1 aliphatic rings. The molecule has 1 heterocycles. The van der Waals surface area contributed by atoms with Crippen molar-refractivity contribution in [1.29, 1.82) is 0 Å². The lowest BCUT2D eigenvalue weighted by Gasteiger charge is -2.15. The molecule has 1 aliphatic heterocycles. The summed E-state index contributed by atoms with van der Waals surface area (Å²) in [5, 5.41) is 9.84. The maximum absolute atomic E-state index is 12.0. The van der Waals surface area contributed by atoms with Gasteiger partial charge in [-0.05, 0) is 37.5 Å². The molecule has 2 rings (SSSR count). The maximum Gasteiger partial charge on any atom is 0.234 e. The summed E-state index contributed by atoms with van der Waals surface area (Å²) in [6.07, 6.45) is 0.261. The predicted octanol–water partition coefficient (Wildman–Crippen LogP) is 2.60. The van der Waals surface area contributed by atoms with Crippen LogP contribution in [0.1, 0.15) is 50.3 Å². The van der Waals surface area contributed by atoms with E-state index in [1.54, 1.807) is 0 Å². The molecule has 2 atom stereocenters. The minimum Gasteiger partial charge on any atom is -0.388 e. The van der Waals surface area contributed by atoms with E-state index in [9.17, 15) is 9.90 Å². The third-order valence-electron chi connectivity index (χ3n) is 3.53. The second kappa shape index (κ2) is 4.49. The van der Waals surface area contributed by atoms with Crippen LogP contribution in [0.2, 0.25) is 0 Å². The minimum absolute atomic E-state index is 0.0889. The van der Waals surface area contributed by atoms with Crippen molar-refractivity contribution in [2.45, 2.75) is 39.2 Å². The summed E-state index contributed by atoms with van der Waals surface area (Å²) < 4.78 is 0. The van der Waals surface area contributed by atoms with E-state index in [0.29, 0.717) is 13.0 Å². The standard InChI is InChI=1S/C14H19NO2/c1-4-13(16)10-6-7-12-11(8-10)9(3)14(17)15(12)5-2/h6-9,13,16H,4-5H2,1-3H3. The van der Waals surface area contributed by atoms with Crippen LogP contribution in [0.25, 0.3) is 0 Å². The molecule has 92 valence electrons. The third-order valence-corrected chi connectivity index (χ3v) is 3.53. The Bertz CT molecular complexity index is 442. The lowest BCUT2D eigenvalue weighted by atomic mass is 9.98. The summed E-state index contributed by atoms with van der Waals surface area (Å²) >= 11 is 0. The Balaban J connectivity index is 2.44. The first-order valence-electron chi connectivity index (χ1n) is 6.23. The van der Waals surface area contributed by atoms with Crippen LogP contribution in [0.5, 0.6) is 0 Å². The van der Waals surface area contributed by atoms with Gasteiger partial charge in [-0.2, -0.15) is 0 Å². The second-order valence-corrected chi connectivity index (χ2v) is 4.55. The van der Waals surface area contributed by atoms with Gasteiger partial charge in [0.15, 0.2) is 0 Å². The molecule has 1 aromatic rings. The average molecular weight is 233 g/mol. The highest BCUT2D eigenvalue weighted by atomic mass is 16.3. The smallest absolute Gasteiger partial charge is 0.234 e. The van der Waals surface area contributed by atoms with Crippen molar-refractivity contribution in [3.8, 4) is 0 Å². The van der Waals surface area contributed by atoms with E-state index in [0.717, 1.165) is 16.8 Å². The summed E-state index contributed by atoms with van der Waals surface area (Å²) in [7, 11) is 0. The van der Waals surface area contributed by atoms with Crippen LogP contribution >= 0.6 is 0 Å². The van der Waals surface area contributed by atoms with Gasteiger partial charge in [0, 0.05) is 12.2 Å². The number of fused-ring (bicyclic) bond motifs is 1. The largest absolute Gasteiger partial charge is 0.388 e. The summed E-state index contributed by atoms with van der Waals surface area (Å²) in [6, 6.07) is 5.84. The molecule has 0 saturated heterocycles. The Morgan fingerprint density at radius 2 is 2.12 bits per heavy atom. The molecule has 1 N–H and O–H groups in total. The minimum atomic E-state index is -0.432. The number of benzene rings is 1. The second-order valence-electron chi connectivity index (χ2n) is 4.55. The average Bonchev–Trinajstić information content (AvgIpc) is 2.60. The summed E-state index contributed by atoms with van der Waals surface area (Å²) in [5.74, 6) is 0.0691. The molecule has 0 spiro atoms. The first-order valence-corrected chi connectivity index (χ1v) is 6.23. The van der Waals surface area contributed by atoms with Crippen LogP contribution < -0.4 is 4.90 Å². The van der Waals surface area contributed by atoms with Crippen LogP contribution in [0.15, 0.2) is 18.2 Å². The molecule has 1 amide bonds. The number of nitrogens with zero attached hydrogens (tertiary/aromatic N) is 1. The van der Waals surface area contributed by atoms with E-state index in [4.69, 9.17) is 0 Å². The zero-order valence-corrected chi connectivity index (χ0v) is 10.6. The SMILES string of the molecule is CCC(O)c1ccc2c(c1)C(C)C(=O)N2CC. The van der Waals surface area contributed by atoms with Crippen LogP contribution in [0, 0.1) is 0 Å². The van der Waals surface area contributed by atoms with E-state index in [-0.39, 0.29) is 11.8 Å². The van der Waals surface area contributed by atoms with E-state index in [1.807, 2.05) is 43.9 Å². The first kappa shape index (κ1) is 12.1. The number of hydrogen-bond acceptors (Lipinski definition) is 2. The van der Waals surface area contributed by atoms with Crippen molar-refractivity contribution in [3.05, 3.63) is 29.3 Å². The molecule has 17 heavy (non-hydrogen) atoms. The van der Waals surface area contributed by atoms with Crippen molar-refractivity contribution in [3.63, 3.8) is 0 Å². The number of amides is 1. The molecule has 2 unspecified atom stereocenters. The quantitative estimate of drug-likeness (QED) is 0.871. The topological polar surface area (TPSA) is 40.5 Å². The number of hydrogen-bond donors (Lipinski definition) is 1. The monoisotopic (exact) mass is 233 g/mol. The zero-order valence-electron chi connectivity index (χ0n) is 10.6. The molecule has 0 fully saturated rings. The molecule has 3 nitrogen and oxygen atoms in total. The van der Waals surface area contributed by atoms with Crippen molar-refractivity contribution < 1.29 is 9.90 Å². The Kier molecular flexibility index (Phi) is 3.20. The third kappa shape index (κ3) is 1.84. The van der Waals surface area contributed by atoms with Crippen molar-refractivity contribution in [2.75, 3.05) is 11.4 Å². The number of carbonyl (C=O) groups excluding carboxylic acids is 1. The van der Waals surface area contributed by atoms with Crippen molar-refractivity contribution in [1.82, 2.24) is 0 Å². The molecule has 0 aliphatic carbocycles. The van der Waals surface area contributed by atoms with Gasteiger partial charge in [0.1, 0.15) is 0 Å². The molecule has 0 bridgehead atoms. The van der Waals surface area contributed by atoms with Crippen LogP contribution in [-0.4, -0.2) is 17.6 Å². The van der Waals surface area contributed by atoms with Gasteiger partial charge in [0.05, 0.1) is 12.0 Å². The van der Waals surface area contributed by atoms with Crippen LogP contribution in [0.4, 0.5) is 5.69 Å². The highest BCUT2D eigenvalue weighted by molar-refractivity contribution is 6.04. The number of likely N-dealkylation sites (N-methyl/N-ethyl adjacent to an activating group) is 1. The van der Waals surface area contributed by atoms with Gasteiger partial charge in [0.25, 0.3) is 0 Å². The van der Waals surface area contributed by atoms with Gasteiger partial charge >= 0.3 is 0 Å². The molecular weight excluding hydrogens is 214 g/mol. The fraction of sp³-hybridized carbons (Fsp3) is 0.500. The first-order chi connectivity index (χ1) is 8.10. The van der Waals surface area contributed by atoms with Crippen LogP contribution in [0.3, 0.4) is 0 Å². The Morgan fingerprint density at radius 1 is 1.41 bits per heavy atom. The van der Waals surface area contributed by atoms with E-state index in [2.05, 4.69) is 0 Å². The highest BCUT2D eigenvalue weighted by Crippen LogP contribution is 2.38. The van der Waals surface area contributed by atoms with E-state index in [1.165, 1.54) is 0 Å². The van der Waals surface area contributed by atoms with E-state index >= 15 is 0 Å². The van der Waals surface area contributed by atoms with Crippen molar-refractivity contribution >= 4 is 11.6 Å². The molecule has 1 aromatic carbocycles. The summed E-state index contributed by atoms with van der Waals surface area (Å²) in [4.78, 5) is 13.8. The van der Waals surface area contributed by atoms with Gasteiger partial charge < -0.3 is 10.0 Å². The van der Waals surface area contributed by atoms with Crippen molar-refractivity contribution in [2.24, 2.45) is 0 Å². The Hall–Kier alpha value is -1.35. The fourth-order valence-corrected chi connectivity index (χ4v) is 2.42. The highest BCUT2D eigenvalue weighted by Gasteiger charge is 2.33. The molecule has 0 saturated carbocycles. The maximum atomic E-state index is 12.0. The van der Waals surface area contributed by atoms with Gasteiger partial charge in [0.2, 0.25) is 5.91 Å². The normalized spacial score (nSPS) is 20.6. The zero-order chi connectivity index (χ0) is 12.6. The van der Waals surface area contributed by atoms with E-state index < -0.39 is 6.10 Å². The predicted molar refractivity (Wildman–Crippen MR) is 68.1 cm³/mol. The van der Waals surface area contributed by atoms with Crippen LogP contribution in [-0.2, 0) is 4.79 Å². The lowest BCUT2D eigenvalue weighted by molar-refractivity contribution is -0.118. The fourth-order valence-electron chi connectivity index (χ4n) is 2.42. The Morgan fingerprint density at radius 3 is 2.71 bits per heavy atom. The van der Waals surface area contributed by atoms with Gasteiger partial charge in [-0.15, -0.1) is 0 Å². The number of rotatable bonds is 3. The Labute approximate surface area is 102 Å². The molecule has 0 radical (unpaired) electrons. The lowest BCUT2D eigenvalue weighted by Crippen LogP contribution is -2.27. The number of aliphatic hydroxyl groups is 1. The van der Waals surface area contributed by atoms with Gasteiger partial charge in [-0.25, -0.2) is 0 Å².